The van der Waals surface area contributed by atoms with Gasteiger partial charge in [0.2, 0.25) is 23.8 Å². The minimum Gasteiger partial charge on any atom is -0.495 e. The average molecular weight is 1570 g/mol. The lowest BCUT2D eigenvalue weighted by atomic mass is 9.99. The van der Waals surface area contributed by atoms with Crippen LogP contribution in [0.4, 0.5) is 55.3 Å². The summed E-state index contributed by atoms with van der Waals surface area (Å²) in [6, 6.07) is 16.7. The third-order valence-corrected chi connectivity index (χ3v) is 20.9. The summed E-state index contributed by atoms with van der Waals surface area (Å²) in [5.41, 5.74) is 21.7. The minimum atomic E-state index is -3.08. The molecule has 0 saturated heterocycles. The summed E-state index contributed by atoms with van der Waals surface area (Å²) >= 11 is 0. The van der Waals surface area contributed by atoms with Gasteiger partial charge in [-0.25, -0.2) is 38.7 Å². The fourth-order valence-electron chi connectivity index (χ4n) is 14.4. The first-order valence-corrected chi connectivity index (χ1v) is 39.0. The molecule has 8 aromatic heterocycles. The van der Waals surface area contributed by atoms with Crippen molar-refractivity contribution in [3.8, 4) is 23.0 Å². The number of rotatable bonds is 23. The molecule has 115 heavy (non-hydrogen) atoms. The van der Waals surface area contributed by atoms with Gasteiger partial charge in [0, 0.05) is 122 Å². The Morgan fingerprint density at radius 3 is 1.12 bits per heavy atom. The van der Waals surface area contributed by atoms with Crippen LogP contribution < -0.4 is 45.9 Å². The zero-order valence-corrected chi connectivity index (χ0v) is 68.6. The third kappa shape index (κ3) is 19.7. The summed E-state index contributed by atoms with van der Waals surface area (Å²) in [7, 11) is 15.2. The Bertz CT molecular complexity index is 5450. The lowest BCUT2D eigenvalue weighted by Gasteiger charge is -2.26. The van der Waals surface area contributed by atoms with Crippen molar-refractivity contribution in [3.05, 3.63) is 154 Å². The molecule has 16 rings (SSSR count). The number of aliphatic hydroxyl groups is 1. The molecule has 0 spiro atoms. The summed E-state index contributed by atoms with van der Waals surface area (Å²) in [6.45, 7) is 26.2. The number of nitrogens with zero attached hydrogens (tertiary/aromatic N) is 20. The first-order valence-electron chi connectivity index (χ1n) is 39.0. The fourth-order valence-corrected chi connectivity index (χ4v) is 14.4. The molecule has 7 N–H and O–H groups in total. The SMILES string of the molecule is C=C(N)CCn1ncc2cnc(Nc3cc4c(cc3OC)CCN(C)C4)nc21.COc1cc2c(cc1Nc1ncc3c(C(C)(F)F)nn(C(C)C)c3n1)CN(C)CC2.COc1cc2c(cc1Nc1ncc3cnn(CCC(C)(C)O)c3n1)CN(C)CC2.COc1cc2c(cc1Nc1ncc3cnn(CCC(C)C)c3n1)CN(C)CC2. The number of halogens is 2. The van der Waals surface area contributed by atoms with E-state index in [1.165, 1.54) is 55.4 Å². The molecule has 0 saturated carbocycles. The Balaban J connectivity index is 0.000000134. The maximum absolute atomic E-state index is 14.0. The van der Waals surface area contributed by atoms with Gasteiger partial charge >= 0.3 is 0 Å². The molecular formula is C83H107F2N25O5. The van der Waals surface area contributed by atoms with Gasteiger partial charge in [-0.3, -0.25) is 0 Å². The van der Waals surface area contributed by atoms with Crippen molar-refractivity contribution in [2.45, 2.75) is 157 Å². The fraction of sp³-hybridized carbons (Fsp3) is 0.446. The van der Waals surface area contributed by atoms with Crippen LogP contribution in [0.1, 0.15) is 124 Å². The van der Waals surface area contributed by atoms with Gasteiger partial charge in [0.05, 0.1) is 96.9 Å². The van der Waals surface area contributed by atoms with Gasteiger partial charge in [-0.1, -0.05) is 20.4 Å². The van der Waals surface area contributed by atoms with Crippen LogP contribution in [0.3, 0.4) is 0 Å². The van der Waals surface area contributed by atoms with E-state index in [1.807, 2.05) is 47.7 Å². The smallest absolute Gasteiger partial charge is 0.289 e. The number of likely N-dealkylation sites (N-methyl/N-ethyl adjacent to an activating group) is 4. The summed E-state index contributed by atoms with van der Waals surface area (Å²) in [5.74, 6) is 2.49. The van der Waals surface area contributed by atoms with E-state index in [1.54, 1.807) is 71.8 Å². The van der Waals surface area contributed by atoms with Crippen molar-refractivity contribution in [2.24, 2.45) is 11.7 Å². The molecule has 12 aromatic rings. The Kier molecular flexibility index (Phi) is 25.0. The molecule has 0 unspecified atom stereocenters. The molecule has 0 amide bonds. The van der Waals surface area contributed by atoms with Gasteiger partial charge in [-0.05, 0) is 193 Å². The van der Waals surface area contributed by atoms with Crippen LogP contribution in [0.2, 0.25) is 0 Å². The molecule has 4 aromatic carbocycles. The number of nitrogens with two attached hydrogens (primary N) is 1. The third-order valence-electron chi connectivity index (χ3n) is 20.9. The van der Waals surface area contributed by atoms with Gasteiger partial charge in [-0.2, -0.15) is 49.1 Å². The van der Waals surface area contributed by atoms with Crippen LogP contribution in [0.25, 0.3) is 44.1 Å². The quantitative estimate of drug-likeness (QED) is 0.0346. The number of aromatic nitrogens is 16. The second-order valence-corrected chi connectivity index (χ2v) is 31.6. The number of anilines is 8. The molecule has 0 atom stereocenters. The Morgan fingerprint density at radius 1 is 0.478 bits per heavy atom. The number of hydrogen-bond acceptors (Lipinski definition) is 26. The summed E-state index contributed by atoms with van der Waals surface area (Å²) in [5, 5.41) is 43.5. The number of hydrogen-bond donors (Lipinski definition) is 6. The van der Waals surface area contributed by atoms with Crippen molar-refractivity contribution in [1.82, 2.24) is 98.6 Å². The lowest BCUT2D eigenvalue weighted by Crippen LogP contribution is -2.26. The van der Waals surface area contributed by atoms with E-state index in [0.717, 1.165) is 171 Å². The van der Waals surface area contributed by atoms with Crippen molar-refractivity contribution in [1.29, 1.82) is 0 Å². The molecule has 0 aliphatic carbocycles. The number of methoxy groups -OCH3 is 4. The lowest BCUT2D eigenvalue weighted by molar-refractivity contribution is 0.0134. The molecule has 30 nitrogen and oxygen atoms in total. The van der Waals surface area contributed by atoms with Gasteiger partial charge in [0.1, 0.15) is 28.7 Å². The van der Waals surface area contributed by atoms with E-state index < -0.39 is 11.5 Å². The first kappa shape index (κ1) is 81.7. The number of nitrogens with one attached hydrogen (secondary N) is 4. The second-order valence-electron chi connectivity index (χ2n) is 31.6. The van der Waals surface area contributed by atoms with Crippen LogP contribution in [-0.4, -0.2) is 192 Å². The van der Waals surface area contributed by atoms with Crippen LogP contribution >= 0.6 is 0 Å². The number of allylic oxidation sites excluding steroid dienone is 1. The average Bonchev–Trinajstić information content (AvgIpc) is 1.65. The topological polar surface area (TPSA) is 319 Å². The Morgan fingerprint density at radius 2 is 0.809 bits per heavy atom. The second kappa shape index (κ2) is 35.2. The minimum absolute atomic E-state index is 0.125. The van der Waals surface area contributed by atoms with E-state index in [0.29, 0.717) is 72.7 Å². The van der Waals surface area contributed by atoms with E-state index in [2.05, 4.69) is 181 Å². The van der Waals surface area contributed by atoms with Crippen molar-refractivity contribution >= 4 is 90.7 Å². The van der Waals surface area contributed by atoms with E-state index >= 15 is 0 Å². The van der Waals surface area contributed by atoms with Gasteiger partial charge in [0.25, 0.3) is 5.92 Å². The van der Waals surface area contributed by atoms with Crippen LogP contribution in [0.15, 0.2) is 104 Å². The zero-order chi connectivity index (χ0) is 81.6. The maximum atomic E-state index is 14.0. The van der Waals surface area contributed by atoms with E-state index in [4.69, 9.17) is 29.7 Å². The summed E-state index contributed by atoms with van der Waals surface area (Å²) in [4.78, 5) is 45.4. The number of benzene rings is 4. The van der Waals surface area contributed by atoms with Gasteiger partial charge in [0.15, 0.2) is 22.6 Å². The van der Waals surface area contributed by atoms with E-state index in [9.17, 15) is 13.9 Å². The predicted molar refractivity (Wildman–Crippen MR) is 445 cm³/mol. The van der Waals surface area contributed by atoms with E-state index in [-0.39, 0.29) is 17.1 Å². The number of aryl methyl sites for hydroxylation is 3. The Labute approximate surface area is 668 Å². The molecule has 32 heteroatoms. The molecule has 0 fully saturated rings. The number of ether oxygens (including phenoxy) is 4. The molecule has 12 heterocycles. The maximum Gasteiger partial charge on any atom is 0.289 e. The summed E-state index contributed by atoms with van der Waals surface area (Å²) in [6.07, 6.45) is 18.4. The van der Waals surface area contributed by atoms with Crippen LogP contribution in [-0.2, 0) is 77.4 Å². The molecule has 4 aliphatic heterocycles. The number of alkyl halides is 2. The highest BCUT2D eigenvalue weighted by molar-refractivity contribution is 5.81. The van der Waals surface area contributed by atoms with Gasteiger partial charge < -0.3 is 70.7 Å². The van der Waals surface area contributed by atoms with Crippen LogP contribution in [0.5, 0.6) is 23.0 Å². The monoisotopic (exact) mass is 1570 g/mol. The molecule has 0 bridgehead atoms. The zero-order valence-electron chi connectivity index (χ0n) is 68.6. The van der Waals surface area contributed by atoms with Crippen molar-refractivity contribution < 1.29 is 32.8 Å². The molecule has 4 aliphatic rings. The largest absolute Gasteiger partial charge is 0.495 e. The normalized spacial score (nSPS) is 14.6. The predicted octanol–water partition coefficient (Wildman–Crippen LogP) is 13.0. The van der Waals surface area contributed by atoms with Gasteiger partial charge in [-0.15, -0.1) is 0 Å². The standard InChI is InChI=1S/C21H26F2N6O.C21H28N6O2.C21H28N6O.C20H25N7O/c1-12(2)29-19-15(18(27-29)21(3,22)23)10-24-20(26-19)25-16-8-14-11-28(4)7-6-13(14)9-17(16)30-5;1-21(2,28)6-8-27-19-16(12-23-27)11-22-20(25-19)24-17-9-15-13-26(3)7-5-14(15)10-18(17)29-4;1-14(2)5-8-27-20-17(12-23-27)11-22-21(25-20)24-18-9-16-13-26(3)7-6-15(16)10-19(18)28-4;1-13(21)4-7-27-19-16(11-23-27)10-22-20(25-19)24-17-8-15-12-26(2)6-5-14(15)9-18(17)28-3/h8-10,12H,6-7,11H2,1-5H3,(H,24,25,26);9-12,28H,5-8,13H2,1-4H3,(H,22,24,25);9-12,14H,5-8,13H2,1-4H3,(H,22,24,25);8-11H,1,4-7,12,21H2,2-3H3,(H,22,24,25). The van der Waals surface area contributed by atoms with Crippen molar-refractivity contribution in [3.63, 3.8) is 0 Å². The van der Waals surface area contributed by atoms with Crippen molar-refractivity contribution in [2.75, 3.05) is 104 Å². The molecular weight excluding hydrogens is 1470 g/mol. The number of fused-ring (bicyclic) bond motifs is 8. The highest BCUT2D eigenvalue weighted by Crippen LogP contribution is 2.40. The van der Waals surface area contributed by atoms with Crippen LogP contribution in [0, 0.1) is 5.92 Å². The molecule has 608 valence electrons. The Hall–Kier alpha value is -11.3. The summed E-state index contributed by atoms with van der Waals surface area (Å²) < 4.78 is 57.5. The molecule has 0 radical (unpaired) electrons. The highest BCUT2D eigenvalue weighted by Gasteiger charge is 2.33. The highest BCUT2D eigenvalue weighted by atomic mass is 19.3. The first-order chi connectivity index (χ1) is 55.0.